The van der Waals surface area contributed by atoms with E-state index in [-0.39, 0.29) is 5.78 Å². The van der Waals surface area contributed by atoms with Gasteiger partial charge < -0.3 is 4.74 Å². The Labute approximate surface area is 121 Å². The number of hydrogen-bond donors (Lipinski definition) is 0. The number of halogens is 1. The van der Waals surface area contributed by atoms with Crippen molar-refractivity contribution in [2.45, 2.75) is 64.6 Å². The molecular weight excluding hydrogens is 255 g/mol. The van der Waals surface area contributed by atoms with Gasteiger partial charge in [0.2, 0.25) is 0 Å². The molecule has 1 saturated heterocycles. The van der Waals surface area contributed by atoms with Gasteiger partial charge in [-0.25, -0.2) is 4.39 Å². The van der Waals surface area contributed by atoms with Crippen LogP contribution >= 0.6 is 0 Å². The first kappa shape index (κ1) is 15.7. The summed E-state index contributed by atoms with van der Waals surface area (Å²) < 4.78 is 20.0. The molecule has 2 rings (SSSR count). The molecule has 0 N–H and O–H groups in total. The van der Waals surface area contributed by atoms with Gasteiger partial charge in [-0.2, -0.15) is 0 Å². The highest BCUT2D eigenvalue weighted by Gasteiger charge is 2.43. The van der Waals surface area contributed by atoms with Crippen molar-refractivity contribution in [2.75, 3.05) is 6.61 Å². The van der Waals surface area contributed by atoms with Crippen LogP contribution in [0.3, 0.4) is 0 Å². The van der Waals surface area contributed by atoms with Crippen LogP contribution in [0.25, 0.3) is 0 Å². The van der Waals surface area contributed by atoms with Crippen molar-refractivity contribution < 1.29 is 13.9 Å². The van der Waals surface area contributed by atoms with Crippen molar-refractivity contribution in [1.29, 1.82) is 0 Å². The molecule has 1 aliphatic heterocycles. The smallest absolute Gasteiger partial charge is 0.192 e. The van der Waals surface area contributed by atoms with Crippen LogP contribution in [-0.2, 0) is 9.53 Å². The van der Waals surface area contributed by atoms with Crippen molar-refractivity contribution in [1.82, 2.24) is 0 Å². The minimum atomic E-state index is -1.71. The van der Waals surface area contributed by atoms with Gasteiger partial charge in [-0.1, -0.05) is 32.8 Å². The third kappa shape index (κ3) is 3.30. The lowest BCUT2D eigenvalue weighted by atomic mass is 9.87. The molecule has 0 aromatic heterocycles. The maximum atomic E-state index is 14.3. The number of unbranched alkanes of at least 4 members (excludes halogenated alkanes) is 1. The topological polar surface area (TPSA) is 26.3 Å². The SMILES string of the molecule is CCCC[C@@](C)(F)C(=O)C=C[C@@H]1[C@H]2CCO[C@H]2C[C@H]1C. The number of allylic oxidation sites excluding steroid dienone is 2. The molecule has 2 nitrogen and oxygen atoms in total. The van der Waals surface area contributed by atoms with Crippen LogP contribution in [0.1, 0.15) is 52.9 Å². The van der Waals surface area contributed by atoms with E-state index in [1.165, 1.54) is 13.0 Å². The van der Waals surface area contributed by atoms with Crippen molar-refractivity contribution in [2.24, 2.45) is 17.8 Å². The molecule has 0 radical (unpaired) electrons. The summed E-state index contributed by atoms with van der Waals surface area (Å²) in [5, 5.41) is 0. The summed E-state index contributed by atoms with van der Waals surface area (Å²) >= 11 is 0. The first-order valence-electron chi connectivity index (χ1n) is 7.99. The Bertz CT molecular complexity index is 375. The highest BCUT2D eigenvalue weighted by Crippen LogP contribution is 2.44. The minimum absolute atomic E-state index is 0.321. The average Bonchev–Trinajstić information content (AvgIpc) is 2.94. The zero-order chi connectivity index (χ0) is 14.8. The third-order valence-corrected chi connectivity index (χ3v) is 5.00. The summed E-state index contributed by atoms with van der Waals surface area (Å²) in [6.45, 7) is 6.45. The Morgan fingerprint density at radius 3 is 2.95 bits per heavy atom. The Kier molecular flexibility index (Phi) is 5.00. The van der Waals surface area contributed by atoms with E-state index in [1.807, 2.05) is 13.0 Å². The van der Waals surface area contributed by atoms with Crippen LogP contribution in [0, 0.1) is 17.8 Å². The average molecular weight is 282 g/mol. The number of carbonyl (C=O) groups excluding carboxylic acids is 1. The first-order valence-corrected chi connectivity index (χ1v) is 7.99. The van der Waals surface area contributed by atoms with Crippen LogP contribution in [0.4, 0.5) is 4.39 Å². The molecule has 0 spiro atoms. The van der Waals surface area contributed by atoms with Crippen molar-refractivity contribution in [3.63, 3.8) is 0 Å². The fraction of sp³-hybridized carbons (Fsp3) is 0.824. The second-order valence-corrected chi connectivity index (χ2v) is 6.68. The van der Waals surface area contributed by atoms with Crippen molar-refractivity contribution in [3.8, 4) is 0 Å². The van der Waals surface area contributed by atoms with Crippen LogP contribution in [0.2, 0.25) is 0 Å². The number of ketones is 1. The first-order chi connectivity index (χ1) is 9.45. The van der Waals surface area contributed by atoms with E-state index in [2.05, 4.69) is 6.92 Å². The van der Waals surface area contributed by atoms with E-state index in [9.17, 15) is 9.18 Å². The van der Waals surface area contributed by atoms with Crippen molar-refractivity contribution >= 4 is 5.78 Å². The minimum Gasteiger partial charge on any atom is -0.378 e. The molecule has 0 aromatic carbocycles. The highest BCUT2D eigenvalue weighted by molar-refractivity contribution is 5.96. The molecule has 0 bridgehead atoms. The van der Waals surface area contributed by atoms with E-state index < -0.39 is 5.67 Å². The number of alkyl halides is 1. The number of ether oxygens (including phenoxy) is 1. The lowest BCUT2D eigenvalue weighted by molar-refractivity contribution is -0.125. The van der Waals surface area contributed by atoms with Crippen LogP contribution < -0.4 is 0 Å². The fourth-order valence-corrected chi connectivity index (χ4v) is 3.63. The molecule has 1 aliphatic carbocycles. The summed E-state index contributed by atoms with van der Waals surface area (Å²) in [6, 6.07) is 0. The van der Waals surface area contributed by atoms with E-state index >= 15 is 0 Å². The Morgan fingerprint density at radius 2 is 2.25 bits per heavy atom. The molecule has 2 aliphatic rings. The summed E-state index contributed by atoms with van der Waals surface area (Å²) in [7, 11) is 0. The maximum absolute atomic E-state index is 14.3. The van der Waals surface area contributed by atoms with Crippen LogP contribution in [0.5, 0.6) is 0 Å². The van der Waals surface area contributed by atoms with Gasteiger partial charge in [0.15, 0.2) is 11.5 Å². The fourth-order valence-electron chi connectivity index (χ4n) is 3.63. The third-order valence-electron chi connectivity index (χ3n) is 5.00. The molecular formula is C17H27FO2. The second-order valence-electron chi connectivity index (χ2n) is 6.68. The predicted octanol–water partition coefficient (Wildman–Crippen LogP) is 4.09. The van der Waals surface area contributed by atoms with Gasteiger partial charge in [-0.3, -0.25) is 4.79 Å². The Balaban J connectivity index is 1.96. The van der Waals surface area contributed by atoms with Gasteiger partial charge in [0, 0.05) is 6.61 Å². The quantitative estimate of drug-likeness (QED) is 0.686. The summed E-state index contributed by atoms with van der Waals surface area (Å²) in [5.41, 5.74) is -1.71. The van der Waals surface area contributed by atoms with Crippen LogP contribution in [0.15, 0.2) is 12.2 Å². The highest BCUT2D eigenvalue weighted by atomic mass is 19.1. The van der Waals surface area contributed by atoms with E-state index in [0.29, 0.717) is 30.3 Å². The van der Waals surface area contributed by atoms with E-state index in [0.717, 1.165) is 32.3 Å². The Hall–Kier alpha value is -0.700. The molecule has 2 fully saturated rings. The summed E-state index contributed by atoms with van der Waals surface area (Å²) in [4.78, 5) is 12.0. The number of carbonyl (C=O) groups is 1. The van der Waals surface area contributed by atoms with Gasteiger partial charge in [-0.15, -0.1) is 0 Å². The van der Waals surface area contributed by atoms with Gasteiger partial charge in [0.05, 0.1) is 6.10 Å². The van der Waals surface area contributed by atoms with Gasteiger partial charge >= 0.3 is 0 Å². The molecule has 1 saturated carbocycles. The molecule has 20 heavy (non-hydrogen) atoms. The maximum Gasteiger partial charge on any atom is 0.192 e. The molecule has 1 heterocycles. The largest absolute Gasteiger partial charge is 0.378 e. The second kappa shape index (κ2) is 6.38. The molecule has 114 valence electrons. The van der Waals surface area contributed by atoms with E-state index in [4.69, 9.17) is 4.74 Å². The van der Waals surface area contributed by atoms with Gasteiger partial charge in [-0.05, 0) is 50.0 Å². The molecule has 3 heteroatoms. The molecule has 0 aromatic rings. The normalized spacial score (nSPS) is 36.2. The van der Waals surface area contributed by atoms with Gasteiger partial charge in [0.1, 0.15) is 0 Å². The Morgan fingerprint density at radius 1 is 1.50 bits per heavy atom. The lowest BCUT2D eigenvalue weighted by Gasteiger charge is -2.19. The number of fused-ring (bicyclic) bond motifs is 1. The number of rotatable bonds is 6. The number of hydrogen-bond acceptors (Lipinski definition) is 2. The van der Waals surface area contributed by atoms with Gasteiger partial charge in [0.25, 0.3) is 0 Å². The molecule has 5 atom stereocenters. The summed E-state index contributed by atoms with van der Waals surface area (Å²) in [5.74, 6) is 1.04. The molecule has 0 unspecified atom stereocenters. The monoisotopic (exact) mass is 282 g/mol. The zero-order valence-corrected chi connectivity index (χ0v) is 12.9. The van der Waals surface area contributed by atoms with E-state index in [1.54, 1.807) is 0 Å². The summed E-state index contributed by atoms with van der Waals surface area (Å²) in [6.07, 6.45) is 7.93. The predicted molar refractivity (Wildman–Crippen MR) is 78.3 cm³/mol. The molecule has 0 amide bonds. The van der Waals surface area contributed by atoms with Crippen molar-refractivity contribution in [3.05, 3.63) is 12.2 Å². The standard InChI is InChI=1S/C17H27FO2/c1-4-5-9-17(3,18)16(19)7-6-13-12(2)11-15-14(13)8-10-20-15/h6-7,12-15H,4-5,8-11H2,1-3H3/t12-,13+,14-,15+,17-/m1/s1. The van der Waals surface area contributed by atoms with Crippen LogP contribution in [-0.4, -0.2) is 24.2 Å². The zero-order valence-electron chi connectivity index (χ0n) is 12.9. The lowest BCUT2D eigenvalue weighted by Crippen LogP contribution is -2.28.